The van der Waals surface area contributed by atoms with Crippen molar-refractivity contribution in [1.29, 1.82) is 0 Å². The number of ether oxygens (including phenoxy) is 1. The smallest absolute Gasteiger partial charge is 0.241 e. The van der Waals surface area contributed by atoms with Gasteiger partial charge in [-0.3, -0.25) is 4.79 Å². The molecule has 4 nitrogen and oxygen atoms in total. The van der Waals surface area contributed by atoms with Crippen LogP contribution in [0.5, 0.6) is 5.75 Å². The molecule has 0 unspecified atom stereocenters. The number of amides is 1. The molecule has 0 radical (unpaired) electrons. The van der Waals surface area contributed by atoms with Crippen LogP contribution in [-0.4, -0.2) is 19.1 Å². The third-order valence-electron chi connectivity index (χ3n) is 2.03. The van der Waals surface area contributed by atoms with Crippen molar-refractivity contribution in [3.8, 4) is 5.75 Å². The van der Waals surface area contributed by atoms with E-state index in [0.717, 1.165) is 5.56 Å². The van der Waals surface area contributed by atoms with E-state index in [1.807, 2.05) is 19.1 Å². The lowest BCUT2D eigenvalue weighted by Crippen LogP contribution is -2.32. The number of nitrogens with one attached hydrogen (secondary N) is 1. The van der Waals surface area contributed by atoms with Crippen LogP contribution in [0.2, 0.25) is 0 Å². The predicted molar refractivity (Wildman–Crippen MR) is 60.0 cm³/mol. The highest BCUT2D eigenvalue weighted by atomic mass is 16.5. The summed E-state index contributed by atoms with van der Waals surface area (Å²) in [6.45, 7) is 3.59. The van der Waals surface area contributed by atoms with Crippen molar-refractivity contribution in [3.63, 3.8) is 0 Å². The average Bonchev–Trinajstić information content (AvgIpc) is 2.20. The molecule has 0 saturated heterocycles. The Hall–Kier alpha value is -1.55. The minimum atomic E-state index is -0.531. The van der Waals surface area contributed by atoms with Crippen LogP contribution < -0.4 is 15.8 Å². The van der Waals surface area contributed by atoms with Gasteiger partial charge in [-0.25, -0.2) is 0 Å². The van der Waals surface area contributed by atoms with Crippen LogP contribution in [0.4, 0.5) is 5.69 Å². The van der Waals surface area contributed by atoms with Crippen molar-refractivity contribution in [3.05, 3.63) is 23.8 Å². The molecule has 82 valence electrons. The first-order chi connectivity index (χ1) is 7.04. The summed E-state index contributed by atoms with van der Waals surface area (Å²) in [4.78, 5) is 11.4. The second-order valence-corrected chi connectivity index (χ2v) is 3.48. The second-order valence-electron chi connectivity index (χ2n) is 3.48. The number of benzene rings is 1. The number of carbonyl (C=O) groups excluding carboxylic acids is 1. The minimum absolute atomic E-state index is 0.225. The summed E-state index contributed by atoms with van der Waals surface area (Å²) >= 11 is 0. The number of nitrogens with two attached hydrogens (primary N) is 1. The fourth-order valence-electron chi connectivity index (χ4n) is 1.15. The molecule has 0 aliphatic heterocycles. The molecule has 4 heteroatoms. The second kappa shape index (κ2) is 4.79. The zero-order valence-electron chi connectivity index (χ0n) is 9.20. The summed E-state index contributed by atoms with van der Waals surface area (Å²) in [7, 11) is 1.57. The van der Waals surface area contributed by atoms with Gasteiger partial charge in [0.25, 0.3) is 0 Å². The molecule has 1 amide bonds. The van der Waals surface area contributed by atoms with Gasteiger partial charge in [0, 0.05) is 0 Å². The first kappa shape index (κ1) is 11.5. The highest BCUT2D eigenvalue weighted by Gasteiger charge is 2.10. The van der Waals surface area contributed by atoms with Crippen molar-refractivity contribution >= 4 is 11.6 Å². The number of hydrogen-bond donors (Lipinski definition) is 2. The Balaban J connectivity index is 2.89. The van der Waals surface area contributed by atoms with Gasteiger partial charge in [0.05, 0.1) is 18.8 Å². The number of rotatable bonds is 3. The van der Waals surface area contributed by atoms with Crippen LogP contribution in [0.3, 0.4) is 0 Å². The van der Waals surface area contributed by atoms with Gasteiger partial charge >= 0.3 is 0 Å². The molecule has 0 spiro atoms. The van der Waals surface area contributed by atoms with Crippen molar-refractivity contribution in [2.75, 3.05) is 12.4 Å². The highest BCUT2D eigenvalue weighted by molar-refractivity contribution is 5.95. The molecule has 0 aliphatic carbocycles. The predicted octanol–water partition coefficient (Wildman–Crippen LogP) is 1.29. The maximum atomic E-state index is 11.4. The first-order valence-electron chi connectivity index (χ1n) is 4.75. The largest absolute Gasteiger partial charge is 0.495 e. The molecule has 1 aromatic carbocycles. The molecule has 0 heterocycles. The van der Waals surface area contributed by atoms with Gasteiger partial charge in [0.15, 0.2) is 0 Å². The maximum Gasteiger partial charge on any atom is 0.241 e. The lowest BCUT2D eigenvalue weighted by molar-refractivity contribution is -0.117. The van der Waals surface area contributed by atoms with E-state index in [1.165, 1.54) is 0 Å². The molecule has 1 atom stereocenters. The molecule has 0 bridgehead atoms. The lowest BCUT2D eigenvalue weighted by atomic mass is 10.2. The summed E-state index contributed by atoms with van der Waals surface area (Å²) in [5.74, 6) is 0.418. The van der Waals surface area contributed by atoms with Crippen LogP contribution in [0, 0.1) is 6.92 Å². The Kier molecular flexibility index (Phi) is 3.68. The summed E-state index contributed by atoms with van der Waals surface area (Å²) in [6, 6.07) is 5.03. The molecule has 3 N–H and O–H groups in total. The molecular weight excluding hydrogens is 192 g/mol. The molecule has 1 aromatic rings. The Bertz CT molecular complexity index is 362. The van der Waals surface area contributed by atoms with E-state index in [9.17, 15) is 4.79 Å². The standard InChI is InChI=1S/C11H16N2O2/c1-7-4-5-9(10(6-7)15-3)13-11(14)8(2)12/h4-6,8H,12H2,1-3H3,(H,13,14)/t8-/m0/s1. The molecule has 0 aromatic heterocycles. The Morgan fingerprint density at radius 1 is 1.53 bits per heavy atom. The van der Waals surface area contributed by atoms with Gasteiger partial charge < -0.3 is 15.8 Å². The third kappa shape index (κ3) is 2.95. The average molecular weight is 208 g/mol. The van der Waals surface area contributed by atoms with Crippen molar-refractivity contribution < 1.29 is 9.53 Å². The number of aryl methyl sites for hydroxylation is 1. The Morgan fingerprint density at radius 3 is 2.73 bits per heavy atom. The summed E-state index contributed by atoms with van der Waals surface area (Å²) in [6.07, 6.45) is 0. The van der Waals surface area contributed by atoms with Crippen LogP contribution in [0.1, 0.15) is 12.5 Å². The minimum Gasteiger partial charge on any atom is -0.495 e. The van der Waals surface area contributed by atoms with Gasteiger partial charge in [-0.1, -0.05) is 6.07 Å². The number of methoxy groups -OCH3 is 1. The van der Waals surface area contributed by atoms with Gasteiger partial charge in [-0.2, -0.15) is 0 Å². The Labute approximate surface area is 89.4 Å². The zero-order chi connectivity index (χ0) is 11.4. The third-order valence-corrected chi connectivity index (χ3v) is 2.03. The molecule has 15 heavy (non-hydrogen) atoms. The van der Waals surface area contributed by atoms with Gasteiger partial charge in [0.1, 0.15) is 5.75 Å². The van der Waals surface area contributed by atoms with E-state index in [2.05, 4.69) is 5.32 Å². The first-order valence-corrected chi connectivity index (χ1v) is 4.75. The van der Waals surface area contributed by atoms with Crippen molar-refractivity contribution in [2.24, 2.45) is 5.73 Å². The van der Waals surface area contributed by atoms with Crippen molar-refractivity contribution in [1.82, 2.24) is 0 Å². The van der Waals surface area contributed by atoms with Crippen LogP contribution >= 0.6 is 0 Å². The quantitative estimate of drug-likeness (QED) is 0.786. The molecule has 1 rings (SSSR count). The van der Waals surface area contributed by atoms with E-state index in [-0.39, 0.29) is 5.91 Å². The summed E-state index contributed by atoms with van der Waals surface area (Å²) in [5, 5.41) is 2.70. The fourth-order valence-corrected chi connectivity index (χ4v) is 1.15. The van der Waals surface area contributed by atoms with Crippen LogP contribution in [0.15, 0.2) is 18.2 Å². The van der Waals surface area contributed by atoms with Gasteiger partial charge in [-0.15, -0.1) is 0 Å². The monoisotopic (exact) mass is 208 g/mol. The number of anilines is 1. The Morgan fingerprint density at radius 2 is 2.20 bits per heavy atom. The number of hydrogen-bond acceptors (Lipinski definition) is 3. The van der Waals surface area contributed by atoms with Crippen LogP contribution in [0.25, 0.3) is 0 Å². The van der Waals surface area contributed by atoms with E-state index in [1.54, 1.807) is 20.1 Å². The molecule has 0 aliphatic rings. The van der Waals surface area contributed by atoms with E-state index >= 15 is 0 Å². The van der Waals surface area contributed by atoms with E-state index in [0.29, 0.717) is 11.4 Å². The summed E-state index contributed by atoms with van der Waals surface area (Å²) < 4.78 is 5.15. The maximum absolute atomic E-state index is 11.4. The van der Waals surface area contributed by atoms with Crippen molar-refractivity contribution in [2.45, 2.75) is 19.9 Å². The van der Waals surface area contributed by atoms with Gasteiger partial charge in [0.2, 0.25) is 5.91 Å². The lowest BCUT2D eigenvalue weighted by Gasteiger charge is -2.12. The topological polar surface area (TPSA) is 64.3 Å². The fraction of sp³-hybridized carbons (Fsp3) is 0.364. The number of carbonyl (C=O) groups is 1. The van der Waals surface area contributed by atoms with Crippen LogP contribution in [-0.2, 0) is 4.79 Å². The molecular formula is C11H16N2O2. The molecule has 0 fully saturated rings. The SMILES string of the molecule is COc1cc(C)ccc1NC(=O)[C@H](C)N. The zero-order valence-corrected chi connectivity index (χ0v) is 9.20. The van der Waals surface area contributed by atoms with E-state index < -0.39 is 6.04 Å². The highest BCUT2D eigenvalue weighted by Crippen LogP contribution is 2.25. The molecule has 0 saturated carbocycles. The van der Waals surface area contributed by atoms with Gasteiger partial charge in [-0.05, 0) is 31.5 Å². The normalized spacial score (nSPS) is 12.0. The summed E-state index contributed by atoms with van der Waals surface area (Å²) in [5.41, 5.74) is 7.17. The van der Waals surface area contributed by atoms with E-state index in [4.69, 9.17) is 10.5 Å².